The van der Waals surface area contributed by atoms with Gasteiger partial charge < -0.3 is 10.0 Å². The Morgan fingerprint density at radius 1 is 1.15 bits per heavy atom. The summed E-state index contributed by atoms with van der Waals surface area (Å²) in [6.07, 6.45) is 0. The van der Waals surface area contributed by atoms with E-state index in [-0.39, 0.29) is 17.4 Å². The lowest BCUT2D eigenvalue weighted by molar-refractivity contribution is -0.130. The van der Waals surface area contributed by atoms with Gasteiger partial charge in [-0.3, -0.25) is 14.5 Å². The van der Waals surface area contributed by atoms with E-state index >= 15 is 0 Å². The zero-order valence-corrected chi connectivity index (χ0v) is 11.9. The molecule has 5 nitrogen and oxygen atoms in total. The van der Waals surface area contributed by atoms with Gasteiger partial charge in [0, 0.05) is 50.8 Å². The second-order valence-corrected chi connectivity index (χ2v) is 5.18. The maximum atomic E-state index is 11.4. The molecule has 108 valence electrons. The smallest absolute Gasteiger partial charge is 0.219 e. The zero-order valence-electron chi connectivity index (χ0n) is 11.9. The maximum absolute atomic E-state index is 11.4. The van der Waals surface area contributed by atoms with Crippen LogP contribution in [-0.4, -0.2) is 52.8 Å². The van der Waals surface area contributed by atoms with Gasteiger partial charge in [0.05, 0.1) is 0 Å². The molecule has 20 heavy (non-hydrogen) atoms. The summed E-state index contributed by atoms with van der Waals surface area (Å²) in [5.74, 6) is 0.308. The minimum Gasteiger partial charge on any atom is -0.508 e. The third-order valence-electron chi connectivity index (χ3n) is 3.70. The normalized spacial score (nSPS) is 16.2. The number of carbonyl (C=O) groups is 2. The summed E-state index contributed by atoms with van der Waals surface area (Å²) in [6.45, 7) is 6.68. The fraction of sp³-hybridized carbons (Fsp3) is 0.467. The van der Waals surface area contributed by atoms with Crippen LogP contribution in [0.4, 0.5) is 0 Å². The van der Waals surface area contributed by atoms with Gasteiger partial charge in [-0.1, -0.05) is 0 Å². The number of aromatic hydroxyl groups is 1. The minimum atomic E-state index is -0.00681. The molecule has 2 rings (SSSR count). The highest BCUT2D eigenvalue weighted by atomic mass is 16.3. The molecule has 1 saturated heterocycles. The Hall–Kier alpha value is -1.88. The topological polar surface area (TPSA) is 60.9 Å². The van der Waals surface area contributed by atoms with Crippen LogP contribution in [-0.2, 0) is 11.3 Å². The van der Waals surface area contributed by atoms with Crippen LogP contribution in [0.5, 0.6) is 5.75 Å². The number of amides is 1. The fourth-order valence-corrected chi connectivity index (χ4v) is 2.39. The van der Waals surface area contributed by atoms with Crippen molar-refractivity contribution in [3.63, 3.8) is 0 Å². The molecule has 1 heterocycles. The molecule has 0 atom stereocenters. The Morgan fingerprint density at radius 2 is 1.80 bits per heavy atom. The summed E-state index contributed by atoms with van der Waals surface area (Å²) >= 11 is 0. The molecule has 0 radical (unpaired) electrons. The van der Waals surface area contributed by atoms with E-state index in [1.807, 2.05) is 4.90 Å². The lowest BCUT2D eigenvalue weighted by Gasteiger charge is -2.34. The number of Topliss-reactive ketones (excluding diaryl/α,β-unsaturated/α-hetero) is 1. The standard InChI is InChI=1S/C15H20N2O3/c1-11(18)13-3-4-15(20)14(9-13)10-16-5-7-17(8-6-16)12(2)19/h3-4,9,20H,5-8,10H2,1-2H3. The molecule has 1 aromatic carbocycles. The molecular formula is C15H20N2O3. The summed E-state index contributed by atoms with van der Waals surface area (Å²) in [5.41, 5.74) is 1.37. The number of nitrogens with zero attached hydrogens (tertiary/aromatic N) is 2. The largest absolute Gasteiger partial charge is 0.508 e. The van der Waals surface area contributed by atoms with Crippen molar-refractivity contribution in [3.8, 4) is 5.75 Å². The van der Waals surface area contributed by atoms with Gasteiger partial charge in [0.15, 0.2) is 5.78 Å². The monoisotopic (exact) mass is 276 g/mol. The number of benzene rings is 1. The Balaban J connectivity index is 2.02. The van der Waals surface area contributed by atoms with Crippen molar-refractivity contribution in [2.24, 2.45) is 0 Å². The molecule has 1 aliphatic heterocycles. The maximum Gasteiger partial charge on any atom is 0.219 e. The molecule has 0 saturated carbocycles. The van der Waals surface area contributed by atoms with Crippen molar-refractivity contribution in [3.05, 3.63) is 29.3 Å². The van der Waals surface area contributed by atoms with Crippen LogP contribution >= 0.6 is 0 Å². The summed E-state index contributed by atoms with van der Waals surface area (Å²) in [7, 11) is 0. The molecule has 0 aromatic heterocycles. The van der Waals surface area contributed by atoms with E-state index in [0.29, 0.717) is 25.2 Å². The van der Waals surface area contributed by atoms with Crippen LogP contribution in [0.2, 0.25) is 0 Å². The van der Waals surface area contributed by atoms with Crippen molar-refractivity contribution in [1.82, 2.24) is 9.80 Å². The average Bonchev–Trinajstić information content (AvgIpc) is 2.41. The van der Waals surface area contributed by atoms with Crippen molar-refractivity contribution in [2.75, 3.05) is 26.2 Å². The predicted octanol–water partition coefficient (Wildman–Crippen LogP) is 1.26. The van der Waals surface area contributed by atoms with Crippen molar-refractivity contribution >= 4 is 11.7 Å². The van der Waals surface area contributed by atoms with Gasteiger partial charge in [-0.05, 0) is 25.1 Å². The number of rotatable bonds is 3. The summed E-state index contributed by atoms with van der Waals surface area (Å²) in [6, 6.07) is 4.95. The van der Waals surface area contributed by atoms with Crippen molar-refractivity contribution < 1.29 is 14.7 Å². The van der Waals surface area contributed by atoms with Gasteiger partial charge in [0.25, 0.3) is 0 Å². The molecule has 5 heteroatoms. The van der Waals surface area contributed by atoms with Crippen LogP contribution in [0.3, 0.4) is 0 Å². The Bertz CT molecular complexity index is 520. The Labute approximate surface area is 118 Å². The van der Waals surface area contributed by atoms with E-state index in [1.165, 1.54) is 6.92 Å². The molecule has 1 fully saturated rings. The Morgan fingerprint density at radius 3 is 2.35 bits per heavy atom. The molecule has 0 aliphatic carbocycles. The molecule has 1 aromatic rings. The van der Waals surface area contributed by atoms with Gasteiger partial charge >= 0.3 is 0 Å². The first-order chi connectivity index (χ1) is 9.47. The first-order valence-electron chi connectivity index (χ1n) is 6.78. The van der Waals surface area contributed by atoms with Gasteiger partial charge in [-0.2, -0.15) is 0 Å². The molecule has 0 bridgehead atoms. The van der Waals surface area contributed by atoms with E-state index < -0.39 is 0 Å². The highest BCUT2D eigenvalue weighted by Gasteiger charge is 2.19. The number of hydrogen-bond donors (Lipinski definition) is 1. The molecular weight excluding hydrogens is 256 g/mol. The SMILES string of the molecule is CC(=O)c1ccc(O)c(CN2CCN(C(C)=O)CC2)c1. The number of carbonyl (C=O) groups excluding carboxylic acids is 2. The molecule has 0 spiro atoms. The van der Waals surface area contributed by atoms with E-state index in [1.54, 1.807) is 25.1 Å². The second-order valence-electron chi connectivity index (χ2n) is 5.18. The lowest BCUT2D eigenvalue weighted by Crippen LogP contribution is -2.47. The average molecular weight is 276 g/mol. The summed E-state index contributed by atoms with van der Waals surface area (Å²) in [4.78, 5) is 26.6. The zero-order chi connectivity index (χ0) is 14.7. The third kappa shape index (κ3) is 3.36. The molecule has 1 N–H and O–H groups in total. The van der Waals surface area contributed by atoms with Crippen LogP contribution < -0.4 is 0 Å². The van der Waals surface area contributed by atoms with Crippen LogP contribution in [0.25, 0.3) is 0 Å². The van der Waals surface area contributed by atoms with Gasteiger partial charge in [0.2, 0.25) is 5.91 Å². The van der Waals surface area contributed by atoms with Crippen molar-refractivity contribution in [2.45, 2.75) is 20.4 Å². The first kappa shape index (κ1) is 14.5. The second kappa shape index (κ2) is 6.05. The van der Waals surface area contributed by atoms with E-state index in [4.69, 9.17) is 0 Å². The highest BCUT2D eigenvalue weighted by Crippen LogP contribution is 2.21. The van der Waals surface area contributed by atoms with Crippen molar-refractivity contribution in [1.29, 1.82) is 0 Å². The van der Waals surface area contributed by atoms with Gasteiger partial charge in [0.1, 0.15) is 5.75 Å². The van der Waals surface area contributed by atoms with Crippen LogP contribution in [0, 0.1) is 0 Å². The van der Waals surface area contributed by atoms with E-state index in [9.17, 15) is 14.7 Å². The first-order valence-corrected chi connectivity index (χ1v) is 6.78. The molecule has 0 unspecified atom stereocenters. The number of hydrogen-bond acceptors (Lipinski definition) is 4. The quantitative estimate of drug-likeness (QED) is 0.844. The molecule has 1 aliphatic rings. The van der Waals surface area contributed by atoms with Gasteiger partial charge in [-0.25, -0.2) is 0 Å². The summed E-state index contributed by atoms with van der Waals surface area (Å²) < 4.78 is 0. The molecule has 1 amide bonds. The van der Waals surface area contributed by atoms with E-state index in [0.717, 1.165) is 18.7 Å². The number of phenolic OH excluding ortho intramolecular Hbond substituents is 1. The van der Waals surface area contributed by atoms with Gasteiger partial charge in [-0.15, -0.1) is 0 Å². The third-order valence-corrected chi connectivity index (χ3v) is 3.70. The Kier molecular flexibility index (Phi) is 4.39. The van der Waals surface area contributed by atoms with Crippen LogP contribution in [0.1, 0.15) is 29.8 Å². The number of ketones is 1. The minimum absolute atomic E-state index is 0.00681. The number of piperazine rings is 1. The van der Waals surface area contributed by atoms with Crippen LogP contribution in [0.15, 0.2) is 18.2 Å². The predicted molar refractivity (Wildman–Crippen MR) is 75.6 cm³/mol. The number of phenols is 1. The highest BCUT2D eigenvalue weighted by molar-refractivity contribution is 5.94. The summed E-state index contributed by atoms with van der Waals surface area (Å²) in [5, 5.41) is 9.89. The fourth-order valence-electron chi connectivity index (χ4n) is 2.39. The van der Waals surface area contributed by atoms with E-state index in [2.05, 4.69) is 4.90 Å². The lowest BCUT2D eigenvalue weighted by atomic mass is 10.1.